The van der Waals surface area contributed by atoms with Gasteiger partial charge in [0.25, 0.3) is 0 Å². The van der Waals surface area contributed by atoms with Crippen LogP contribution in [0.5, 0.6) is 0 Å². The minimum Gasteiger partial charge on any atom is -0.361 e. The number of benzene rings is 1. The number of amides is 1. The Morgan fingerprint density at radius 3 is 2.65 bits per heavy atom. The van der Waals surface area contributed by atoms with Gasteiger partial charge in [-0.05, 0) is 51.0 Å². The fraction of sp³-hybridized carbons (Fsp3) is 0.444. The lowest BCUT2D eigenvalue weighted by atomic mass is 10.1. The van der Waals surface area contributed by atoms with Crippen molar-refractivity contribution in [2.75, 3.05) is 20.1 Å². The number of nitrogens with one attached hydrogen (secondary N) is 4. The van der Waals surface area contributed by atoms with E-state index in [2.05, 4.69) is 25.9 Å². The number of hydrogen-bond donors (Lipinski definition) is 4. The summed E-state index contributed by atoms with van der Waals surface area (Å²) in [4.78, 5) is 19.2. The second-order valence-electron chi connectivity index (χ2n) is 6.90. The summed E-state index contributed by atoms with van der Waals surface area (Å²) in [5.41, 5.74) is 2.01. The number of carbonyl (C=O) groups excluding carboxylic acids is 1. The average molecular weight is 492 g/mol. The average Bonchev–Trinajstić information content (AvgIpc) is 2.91. The first-order valence-electron chi connectivity index (χ1n) is 8.29. The third kappa shape index (κ3) is 7.03. The normalized spacial score (nSPS) is 11.8. The third-order valence-electron chi connectivity index (χ3n) is 3.57. The van der Waals surface area contributed by atoms with Gasteiger partial charge in [0.1, 0.15) is 0 Å². The highest BCUT2D eigenvalue weighted by molar-refractivity contribution is 14.0. The fourth-order valence-corrected chi connectivity index (χ4v) is 2.69. The summed E-state index contributed by atoms with van der Waals surface area (Å²) in [6, 6.07) is 5.81. The summed E-state index contributed by atoms with van der Waals surface area (Å²) in [5.74, 6) is 0.531. The third-order valence-corrected chi connectivity index (χ3v) is 3.81. The number of hydrogen-bond acceptors (Lipinski definition) is 2. The first kappa shape index (κ1) is 22.6. The van der Waals surface area contributed by atoms with E-state index in [0.29, 0.717) is 12.5 Å². The van der Waals surface area contributed by atoms with Crippen LogP contribution < -0.4 is 16.0 Å². The highest BCUT2D eigenvalue weighted by Crippen LogP contribution is 2.22. The molecule has 0 fully saturated rings. The molecule has 8 heteroatoms. The summed E-state index contributed by atoms with van der Waals surface area (Å²) in [5, 5.41) is 11.0. The van der Waals surface area contributed by atoms with Crippen molar-refractivity contribution in [3.63, 3.8) is 0 Å². The van der Waals surface area contributed by atoms with Crippen LogP contribution in [0.2, 0.25) is 5.02 Å². The molecule has 144 valence electrons. The minimum atomic E-state index is -0.244. The largest absolute Gasteiger partial charge is 0.361 e. The summed E-state index contributed by atoms with van der Waals surface area (Å²) in [7, 11) is 1.68. The molecule has 2 aromatic rings. The molecule has 6 nitrogen and oxygen atoms in total. The maximum Gasteiger partial charge on any atom is 0.239 e. The van der Waals surface area contributed by atoms with Gasteiger partial charge in [-0.15, -0.1) is 24.0 Å². The number of aliphatic imine (C=N–C) groups is 1. The molecule has 0 saturated carbocycles. The summed E-state index contributed by atoms with van der Waals surface area (Å²) in [6.07, 6.45) is 2.81. The number of guanidine groups is 1. The van der Waals surface area contributed by atoms with Crippen molar-refractivity contribution in [2.45, 2.75) is 32.7 Å². The topological polar surface area (TPSA) is 81.3 Å². The van der Waals surface area contributed by atoms with Crippen LogP contribution >= 0.6 is 35.6 Å². The Balaban J connectivity index is 0.00000338. The minimum absolute atomic E-state index is 0. The summed E-state index contributed by atoms with van der Waals surface area (Å²) >= 11 is 6.07. The van der Waals surface area contributed by atoms with Gasteiger partial charge in [-0.3, -0.25) is 9.79 Å². The Bertz CT molecular complexity index is 767. The molecule has 0 aliphatic carbocycles. The zero-order valence-corrected chi connectivity index (χ0v) is 18.7. The monoisotopic (exact) mass is 491 g/mol. The molecule has 0 unspecified atom stereocenters. The van der Waals surface area contributed by atoms with Gasteiger partial charge < -0.3 is 20.9 Å². The Kier molecular flexibility index (Phi) is 8.69. The second-order valence-corrected chi connectivity index (χ2v) is 7.34. The molecule has 0 radical (unpaired) electrons. The van der Waals surface area contributed by atoms with Crippen molar-refractivity contribution in [3.8, 4) is 0 Å². The number of carbonyl (C=O) groups is 1. The summed E-state index contributed by atoms with van der Waals surface area (Å²) in [6.45, 7) is 6.72. The van der Waals surface area contributed by atoms with Gasteiger partial charge in [0.2, 0.25) is 5.91 Å². The number of H-pyrrole nitrogens is 1. The number of nitrogens with zero attached hydrogens (tertiary/aromatic N) is 1. The molecule has 0 spiro atoms. The molecule has 1 heterocycles. The lowest BCUT2D eigenvalue weighted by Crippen LogP contribution is -2.48. The standard InChI is InChI=1S/C18H26ClN5O.HI/c1-18(2,3)24-16(25)11-23-17(20-4)21-8-7-12-10-22-15-6-5-13(19)9-14(12)15;/h5-6,9-10,22H,7-8,11H2,1-4H3,(H,24,25)(H2,20,21,23);1H. The zero-order valence-electron chi connectivity index (χ0n) is 15.6. The number of rotatable bonds is 5. The Morgan fingerprint density at radius 2 is 2.00 bits per heavy atom. The molecule has 2 rings (SSSR count). The van der Waals surface area contributed by atoms with Gasteiger partial charge >= 0.3 is 0 Å². The zero-order chi connectivity index (χ0) is 18.4. The van der Waals surface area contributed by atoms with Crippen LogP contribution in [0.1, 0.15) is 26.3 Å². The quantitative estimate of drug-likeness (QED) is 0.295. The molecule has 0 aliphatic heterocycles. The molecule has 0 aliphatic rings. The van der Waals surface area contributed by atoms with E-state index < -0.39 is 0 Å². The van der Waals surface area contributed by atoms with E-state index >= 15 is 0 Å². The highest BCUT2D eigenvalue weighted by Gasteiger charge is 2.13. The Morgan fingerprint density at radius 1 is 1.27 bits per heavy atom. The van der Waals surface area contributed by atoms with Crippen molar-refractivity contribution in [1.29, 1.82) is 0 Å². The maximum atomic E-state index is 11.8. The van der Waals surface area contributed by atoms with Gasteiger partial charge in [0.05, 0.1) is 6.54 Å². The molecule has 1 aromatic heterocycles. The van der Waals surface area contributed by atoms with Crippen molar-refractivity contribution >= 4 is 58.3 Å². The number of aromatic nitrogens is 1. The van der Waals surface area contributed by atoms with Crippen molar-refractivity contribution < 1.29 is 4.79 Å². The first-order valence-corrected chi connectivity index (χ1v) is 8.67. The van der Waals surface area contributed by atoms with Crippen LogP contribution in [-0.4, -0.2) is 42.5 Å². The molecule has 0 atom stereocenters. The van der Waals surface area contributed by atoms with E-state index in [1.54, 1.807) is 7.05 Å². The Hall–Kier alpha value is -1.48. The van der Waals surface area contributed by atoms with Gasteiger partial charge in [-0.2, -0.15) is 0 Å². The summed E-state index contributed by atoms with van der Waals surface area (Å²) < 4.78 is 0. The number of halogens is 2. The fourth-order valence-electron chi connectivity index (χ4n) is 2.52. The molecular weight excluding hydrogens is 465 g/mol. The lowest BCUT2D eigenvalue weighted by Gasteiger charge is -2.21. The van der Waals surface area contributed by atoms with Gasteiger partial charge in [-0.25, -0.2) is 0 Å². The predicted octanol–water partition coefficient (Wildman–Crippen LogP) is 3.06. The van der Waals surface area contributed by atoms with Crippen molar-refractivity contribution in [1.82, 2.24) is 20.9 Å². The molecule has 0 saturated heterocycles. The molecule has 1 aromatic carbocycles. The van der Waals surface area contributed by atoms with Crippen LogP contribution in [-0.2, 0) is 11.2 Å². The van der Waals surface area contributed by atoms with Gasteiger partial charge in [0.15, 0.2) is 5.96 Å². The van der Waals surface area contributed by atoms with E-state index in [1.807, 2.05) is 45.2 Å². The van der Waals surface area contributed by atoms with Gasteiger partial charge in [-0.1, -0.05) is 11.6 Å². The van der Waals surface area contributed by atoms with E-state index in [0.717, 1.165) is 22.3 Å². The van der Waals surface area contributed by atoms with Crippen molar-refractivity contribution in [3.05, 3.63) is 35.0 Å². The number of fused-ring (bicyclic) bond motifs is 1. The van der Waals surface area contributed by atoms with E-state index in [1.165, 1.54) is 5.56 Å². The van der Waals surface area contributed by atoms with E-state index in [4.69, 9.17) is 11.6 Å². The van der Waals surface area contributed by atoms with E-state index in [9.17, 15) is 4.79 Å². The highest BCUT2D eigenvalue weighted by atomic mass is 127. The smallest absolute Gasteiger partial charge is 0.239 e. The Labute approximate surface area is 176 Å². The molecule has 26 heavy (non-hydrogen) atoms. The van der Waals surface area contributed by atoms with Crippen LogP contribution in [0.25, 0.3) is 10.9 Å². The molecule has 4 N–H and O–H groups in total. The molecular formula is C18H27ClIN5O. The van der Waals surface area contributed by atoms with Crippen LogP contribution in [0.4, 0.5) is 0 Å². The SMILES string of the molecule is CN=C(NCCc1c[nH]c2ccc(Cl)cc12)NCC(=O)NC(C)(C)C.I. The second kappa shape index (κ2) is 10.0. The van der Waals surface area contributed by atoms with E-state index in [-0.39, 0.29) is 42.0 Å². The lowest BCUT2D eigenvalue weighted by molar-refractivity contribution is -0.121. The number of aromatic amines is 1. The van der Waals surface area contributed by atoms with Crippen molar-refractivity contribution in [2.24, 2.45) is 4.99 Å². The van der Waals surface area contributed by atoms with Crippen LogP contribution in [0.3, 0.4) is 0 Å². The molecule has 1 amide bonds. The van der Waals surface area contributed by atoms with Crippen LogP contribution in [0.15, 0.2) is 29.4 Å². The maximum absolute atomic E-state index is 11.8. The predicted molar refractivity (Wildman–Crippen MR) is 120 cm³/mol. The first-order chi connectivity index (χ1) is 11.8. The molecule has 0 bridgehead atoms. The van der Waals surface area contributed by atoms with Crippen LogP contribution in [0, 0.1) is 0 Å². The van der Waals surface area contributed by atoms with Gasteiger partial charge in [0, 0.05) is 41.3 Å².